The van der Waals surface area contributed by atoms with Gasteiger partial charge in [0.2, 0.25) is 0 Å². The molecule has 0 aliphatic carbocycles. The molecule has 0 saturated carbocycles. The van der Waals surface area contributed by atoms with Gasteiger partial charge in [0.1, 0.15) is 6.61 Å². The van der Waals surface area contributed by atoms with Gasteiger partial charge in [-0.15, -0.1) is 0 Å². The van der Waals surface area contributed by atoms with Crippen LogP contribution in [0.4, 0.5) is 0 Å². The number of benzene rings is 3. The summed E-state index contributed by atoms with van der Waals surface area (Å²) in [5, 5.41) is 4.09. The second-order valence-corrected chi connectivity index (χ2v) is 7.91. The third-order valence-corrected chi connectivity index (χ3v) is 5.19. The highest BCUT2D eigenvalue weighted by atomic mass is 79.9. The van der Waals surface area contributed by atoms with Crippen molar-refractivity contribution in [3.8, 4) is 11.5 Å². The molecule has 0 aliphatic heterocycles. The molecule has 3 rings (SSSR count). The minimum atomic E-state index is -0.253. The van der Waals surface area contributed by atoms with Crippen molar-refractivity contribution in [2.24, 2.45) is 5.10 Å². The van der Waals surface area contributed by atoms with Crippen LogP contribution in [-0.4, -0.2) is 18.7 Å². The van der Waals surface area contributed by atoms with Crippen LogP contribution in [0, 0.1) is 13.8 Å². The van der Waals surface area contributed by atoms with Crippen LogP contribution in [0.3, 0.4) is 0 Å². The molecule has 6 heteroatoms. The summed E-state index contributed by atoms with van der Waals surface area (Å²) < 4.78 is 12.6. The van der Waals surface area contributed by atoms with Gasteiger partial charge in [-0.3, -0.25) is 4.79 Å². The number of ether oxygens (including phenoxy) is 2. The summed E-state index contributed by atoms with van der Waals surface area (Å²) in [7, 11) is 0. The van der Waals surface area contributed by atoms with Gasteiger partial charge in [0.15, 0.2) is 11.5 Å². The quantitative estimate of drug-likeness (QED) is 0.327. The molecule has 0 unspecified atom stereocenters. The Bertz CT molecular complexity index is 1080. The monoisotopic (exact) mass is 480 g/mol. The minimum Gasteiger partial charge on any atom is -0.490 e. The first-order chi connectivity index (χ1) is 15.0. The molecule has 0 atom stereocenters. The van der Waals surface area contributed by atoms with Crippen molar-refractivity contribution in [1.82, 2.24) is 5.43 Å². The zero-order chi connectivity index (χ0) is 22.2. The molecule has 0 aliphatic rings. The van der Waals surface area contributed by atoms with E-state index in [9.17, 15) is 4.79 Å². The van der Waals surface area contributed by atoms with Crippen molar-refractivity contribution in [1.29, 1.82) is 0 Å². The average Bonchev–Trinajstić information content (AvgIpc) is 2.75. The van der Waals surface area contributed by atoms with E-state index in [-0.39, 0.29) is 5.91 Å². The SMILES string of the molecule is CCOc1cc(/C=N\NC(=O)c2ccccc2C)cc(Br)c1OCc1ccc(C)cc1. The topological polar surface area (TPSA) is 59.9 Å². The first-order valence-corrected chi connectivity index (χ1v) is 10.8. The highest BCUT2D eigenvalue weighted by Gasteiger charge is 2.13. The number of hydrazone groups is 1. The third kappa shape index (κ3) is 6.18. The van der Waals surface area contributed by atoms with Crippen LogP contribution in [0.1, 0.15) is 39.5 Å². The third-order valence-electron chi connectivity index (χ3n) is 4.60. The van der Waals surface area contributed by atoms with Gasteiger partial charge >= 0.3 is 0 Å². The van der Waals surface area contributed by atoms with Gasteiger partial charge in [-0.25, -0.2) is 5.43 Å². The maximum Gasteiger partial charge on any atom is 0.271 e. The Morgan fingerprint density at radius 3 is 2.52 bits per heavy atom. The molecule has 0 spiro atoms. The summed E-state index contributed by atoms with van der Waals surface area (Å²) in [6.07, 6.45) is 1.58. The number of carbonyl (C=O) groups is 1. The Morgan fingerprint density at radius 2 is 1.81 bits per heavy atom. The second-order valence-electron chi connectivity index (χ2n) is 7.05. The smallest absolute Gasteiger partial charge is 0.271 e. The maximum absolute atomic E-state index is 12.3. The fraction of sp³-hybridized carbons (Fsp3) is 0.200. The predicted octanol–water partition coefficient (Wildman–Crippen LogP) is 5.81. The summed E-state index contributed by atoms with van der Waals surface area (Å²) in [4.78, 5) is 12.3. The molecule has 5 nitrogen and oxygen atoms in total. The van der Waals surface area contributed by atoms with Crippen LogP contribution in [0.15, 0.2) is 70.2 Å². The first-order valence-electron chi connectivity index (χ1n) is 10.0. The molecule has 1 amide bonds. The Balaban J connectivity index is 1.73. The number of carbonyl (C=O) groups excluding carboxylic acids is 1. The second kappa shape index (κ2) is 10.8. The average molecular weight is 481 g/mol. The van der Waals surface area contributed by atoms with Crippen molar-refractivity contribution < 1.29 is 14.3 Å². The van der Waals surface area contributed by atoms with E-state index in [2.05, 4.69) is 45.5 Å². The lowest BCUT2D eigenvalue weighted by Gasteiger charge is -2.15. The van der Waals surface area contributed by atoms with Crippen LogP contribution in [0.25, 0.3) is 0 Å². The predicted molar refractivity (Wildman–Crippen MR) is 127 cm³/mol. The van der Waals surface area contributed by atoms with Crippen molar-refractivity contribution in [2.45, 2.75) is 27.4 Å². The number of halogens is 1. The van der Waals surface area contributed by atoms with Gasteiger partial charge in [0.25, 0.3) is 5.91 Å². The van der Waals surface area contributed by atoms with E-state index < -0.39 is 0 Å². The molecule has 31 heavy (non-hydrogen) atoms. The largest absolute Gasteiger partial charge is 0.490 e. The molecule has 3 aromatic carbocycles. The van der Waals surface area contributed by atoms with Crippen molar-refractivity contribution in [3.63, 3.8) is 0 Å². The van der Waals surface area contributed by atoms with Gasteiger partial charge in [-0.05, 0) is 71.6 Å². The fourth-order valence-electron chi connectivity index (χ4n) is 2.96. The lowest BCUT2D eigenvalue weighted by Crippen LogP contribution is -2.18. The van der Waals surface area contributed by atoms with Gasteiger partial charge < -0.3 is 9.47 Å². The Labute approximate surface area is 191 Å². The van der Waals surface area contributed by atoms with E-state index in [1.165, 1.54) is 5.56 Å². The maximum atomic E-state index is 12.3. The van der Waals surface area contributed by atoms with E-state index in [0.717, 1.165) is 21.2 Å². The Kier molecular flexibility index (Phi) is 7.84. The highest BCUT2D eigenvalue weighted by Crippen LogP contribution is 2.37. The van der Waals surface area contributed by atoms with Crippen LogP contribution in [0.2, 0.25) is 0 Å². The lowest BCUT2D eigenvalue weighted by atomic mass is 10.1. The molecule has 0 heterocycles. The van der Waals surface area contributed by atoms with Crippen molar-refractivity contribution >= 4 is 28.1 Å². The van der Waals surface area contributed by atoms with E-state index in [1.54, 1.807) is 12.3 Å². The molecule has 0 radical (unpaired) electrons. The zero-order valence-electron chi connectivity index (χ0n) is 17.8. The molecule has 3 aromatic rings. The zero-order valence-corrected chi connectivity index (χ0v) is 19.4. The number of nitrogens with one attached hydrogen (secondary N) is 1. The summed E-state index contributed by atoms with van der Waals surface area (Å²) in [5.74, 6) is 0.982. The van der Waals surface area contributed by atoms with Crippen molar-refractivity contribution in [3.05, 3.63) is 93.0 Å². The molecule has 0 saturated heterocycles. The summed E-state index contributed by atoms with van der Waals surface area (Å²) in [6.45, 7) is 6.79. The standard InChI is InChI=1S/C25H25BrN2O3/c1-4-30-23-14-20(15-27-28-25(29)21-8-6-5-7-18(21)3)13-22(26)24(23)31-16-19-11-9-17(2)10-12-19/h5-15H,4,16H2,1-3H3,(H,28,29)/b27-15-. The summed E-state index contributed by atoms with van der Waals surface area (Å²) in [6, 6.07) is 19.3. The van der Waals surface area contributed by atoms with Gasteiger partial charge in [0.05, 0.1) is 17.3 Å². The van der Waals surface area contributed by atoms with E-state index in [4.69, 9.17) is 9.47 Å². The summed E-state index contributed by atoms with van der Waals surface area (Å²) in [5.41, 5.74) is 7.10. The van der Waals surface area contributed by atoms with Crippen LogP contribution < -0.4 is 14.9 Å². The number of nitrogens with zero attached hydrogens (tertiary/aromatic N) is 1. The molecule has 0 bridgehead atoms. The van der Waals surface area contributed by atoms with E-state index in [0.29, 0.717) is 30.3 Å². The van der Waals surface area contributed by atoms with E-state index in [1.807, 2.05) is 56.3 Å². The Hall–Kier alpha value is -3.12. The van der Waals surface area contributed by atoms with E-state index >= 15 is 0 Å². The van der Waals surface area contributed by atoms with Crippen LogP contribution in [-0.2, 0) is 6.61 Å². The Morgan fingerprint density at radius 1 is 1.06 bits per heavy atom. The van der Waals surface area contributed by atoms with Gasteiger partial charge in [-0.2, -0.15) is 5.10 Å². The normalized spacial score (nSPS) is 10.8. The molecule has 160 valence electrons. The first kappa shape index (κ1) is 22.6. The number of hydrogen-bond donors (Lipinski definition) is 1. The lowest BCUT2D eigenvalue weighted by molar-refractivity contribution is 0.0954. The molecular formula is C25H25BrN2O3. The minimum absolute atomic E-state index is 0.253. The van der Waals surface area contributed by atoms with Gasteiger partial charge in [0, 0.05) is 5.56 Å². The fourth-order valence-corrected chi connectivity index (χ4v) is 3.53. The van der Waals surface area contributed by atoms with Gasteiger partial charge in [-0.1, -0.05) is 48.0 Å². The molecule has 0 fully saturated rings. The molecule has 1 N–H and O–H groups in total. The summed E-state index contributed by atoms with van der Waals surface area (Å²) >= 11 is 3.57. The molecular weight excluding hydrogens is 456 g/mol. The van der Waals surface area contributed by atoms with Crippen LogP contribution >= 0.6 is 15.9 Å². The number of amides is 1. The van der Waals surface area contributed by atoms with Crippen molar-refractivity contribution in [2.75, 3.05) is 6.61 Å². The number of rotatable bonds is 8. The highest BCUT2D eigenvalue weighted by molar-refractivity contribution is 9.10. The number of aryl methyl sites for hydroxylation is 2. The van der Waals surface area contributed by atoms with Crippen LogP contribution in [0.5, 0.6) is 11.5 Å². The number of hydrogen-bond acceptors (Lipinski definition) is 4. The molecule has 0 aromatic heterocycles.